The molecule has 0 aliphatic rings. The third-order valence-corrected chi connectivity index (χ3v) is 3.16. The zero-order valence-electron chi connectivity index (χ0n) is 11.0. The van der Waals surface area contributed by atoms with Crippen LogP contribution in [0.25, 0.3) is 22.3 Å². The van der Waals surface area contributed by atoms with Crippen LogP contribution < -0.4 is 0 Å². The summed E-state index contributed by atoms with van der Waals surface area (Å²) in [4.78, 5) is 0. The summed E-state index contributed by atoms with van der Waals surface area (Å²) in [7, 11) is 0. The van der Waals surface area contributed by atoms with Gasteiger partial charge in [-0.05, 0) is 0 Å². The summed E-state index contributed by atoms with van der Waals surface area (Å²) < 4.78 is 5.42. The summed E-state index contributed by atoms with van der Waals surface area (Å²) in [6.45, 7) is 0. The van der Waals surface area contributed by atoms with E-state index in [1.54, 1.807) is 0 Å². The van der Waals surface area contributed by atoms with Crippen LogP contribution in [0.1, 0.15) is 0 Å². The second-order valence-corrected chi connectivity index (χ2v) is 4.70. The normalized spacial score (nSPS) is 10.9. The van der Waals surface area contributed by atoms with Gasteiger partial charge in [0.25, 0.3) is 0 Å². The first-order valence-electron chi connectivity index (χ1n) is 6.14. The van der Waals surface area contributed by atoms with E-state index in [0.29, 0.717) is 0 Å². The fourth-order valence-electron chi connectivity index (χ4n) is 2.13. The van der Waals surface area contributed by atoms with Crippen molar-refractivity contribution >= 4 is 11.0 Å². The van der Waals surface area contributed by atoms with Gasteiger partial charge in [-0.3, -0.25) is 0 Å². The number of aromatic hydroxyl groups is 6. The number of hydrogen-bond acceptors (Lipinski definition) is 6. The first-order valence-corrected chi connectivity index (χ1v) is 6.14. The molecule has 112 valence electrons. The van der Waals surface area contributed by atoms with Gasteiger partial charge in [-0.25, -0.2) is 4.42 Å². The Bertz CT molecular complexity index is 879. The summed E-state index contributed by atoms with van der Waals surface area (Å²) in [5, 5.41) is 57.8. The van der Waals surface area contributed by atoms with Crippen LogP contribution in [0.5, 0.6) is 34.5 Å². The second kappa shape index (κ2) is 4.59. The monoisotopic (exact) mass is 305 g/mol. The fourth-order valence-corrected chi connectivity index (χ4v) is 2.13. The fraction of sp³-hybridized carbons (Fsp3) is 0. The zero-order valence-corrected chi connectivity index (χ0v) is 11.0. The molecule has 0 bridgehead atoms. The first-order chi connectivity index (χ1) is 10.4. The van der Waals surface area contributed by atoms with Crippen LogP contribution >= 0.6 is 0 Å². The Morgan fingerprint density at radius 2 is 1.41 bits per heavy atom. The second-order valence-electron chi connectivity index (χ2n) is 4.70. The Balaban J connectivity index is 2.29. The van der Waals surface area contributed by atoms with Crippen LogP contribution in [0.2, 0.25) is 0 Å². The van der Waals surface area contributed by atoms with Gasteiger partial charge in [0, 0.05) is 24.3 Å². The number of fused-ring (bicyclic) bond motifs is 1. The minimum absolute atomic E-state index is 0.0809. The summed E-state index contributed by atoms with van der Waals surface area (Å²) >= 11 is 0. The van der Waals surface area contributed by atoms with E-state index in [9.17, 15) is 30.6 Å². The lowest BCUT2D eigenvalue weighted by Gasteiger charge is -2.03. The maximum absolute atomic E-state index is 10.0. The van der Waals surface area contributed by atoms with Crippen molar-refractivity contribution < 1.29 is 35.1 Å². The molecular weight excluding hydrogens is 294 g/mol. The largest absolute Gasteiger partial charge is 0.507 e. The summed E-state index contributed by atoms with van der Waals surface area (Å²) in [5.74, 6) is -2.88. The first kappa shape index (κ1) is 13.6. The number of phenolic OH excluding ortho intramolecular Hbond substituents is 5. The van der Waals surface area contributed by atoms with Crippen LogP contribution in [-0.2, 0) is 0 Å². The van der Waals surface area contributed by atoms with Gasteiger partial charge in [0.05, 0.1) is 11.6 Å². The lowest BCUT2D eigenvalue weighted by Crippen LogP contribution is -1.83. The molecular formula is C15H11O7+. The molecule has 0 spiro atoms. The third-order valence-electron chi connectivity index (χ3n) is 3.16. The lowest BCUT2D eigenvalue weighted by atomic mass is 10.1. The van der Waals surface area contributed by atoms with Gasteiger partial charge in [0.15, 0.2) is 17.2 Å². The van der Waals surface area contributed by atoms with Crippen molar-refractivity contribution in [2.45, 2.75) is 0 Å². The average Bonchev–Trinajstić information content (AvgIpc) is 2.44. The molecule has 6 N–H and O–H groups in total. The highest BCUT2D eigenvalue weighted by Crippen LogP contribution is 2.43. The molecule has 2 aromatic carbocycles. The topological polar surface area (TPSA) is 133 Å². The molecule has 7 nitrogen and oxygen atoms in total. The molecule has 1 heterocycles. The van der Waals surface area contributed by atoms with Crippen LogP contribution in [-0.4, -0.2) is 30.6 Å². The highest BCUT2D eigenvalue weighted by atomic mass is 16.4. The minimum Gasteiger partial charge on any atom is -0.507 e. The smallest absolute Gasteiger partial charge is 0.402 e. The molecule has 0 unspecified atom stereocenters. The third kappa shape index (κ3) is 2.05. The van der Waals surface area contributed by atoms with Crippen molar-refractivity contribution in [1.82, 2.24) is 0 Å². The molecule has 0 saturated carbocycles. The maximum atomic E-state index is 10.0. The van der Waals surface area contributed by atoms with Crippen molar-refractivity contribution in [1.29, 1.82) is 0 Å². The SMILES string of the molecule is Oc1cc(O)c2[14cH]c(O)c(-c3cc(O)c(O)c(O)c3)[o+]c2c1. The van der Waals surface area contributed by atoms with Crippen molar-refractivity contribution in [2.75, 3.05) is 0 Å². The lowest BCUT2D eigenvalue weighted by molar-refractivity contribution is 0.368. The Labute approximate surface area is 123 Å². The number of hydrogen-bond donors (Lipinski definition) is 6. The molecule has 22 heavy (non-hydrogen) atoms. The quantitative estimate of drug-likeness (QED) is 0.301. The van der Waals surface area contributed by atoms with Crippen LogP contribution in [0.15, 0.2) is 34.7 Å². The van der Waals surface area contributed by atoms with Crippen LogP contribution in [0.3, 0.4) is 0 Å². The van der Waals surface area contributed by atoms with Crippen LogP contribution in [0.4, 0.5) is 0 Å². The molecule has 0 atom stereocenters. The van der Waals surface area contributed by atoms with Gasteiger partial charge in [-0.1, -0.05) is 0 Å². The summed E-state index contributed by atoms with van der Waals surface area (Å²) in [6, 6.07) is 5.71. The maximum Gasteiger partial charge on any atom is 0.402 e. The van der Waals surface area contributed by atoms with Gasteiger partial charge >= 0.3 is 11.3 Å². The van der Waals surface area contributed by atoms with Gasteiger partial charge < -0.3 is 30.6 Å². The Kier molecular flexibility index (Phi) is 2.84. The predicted octanol–water partition coefficient (Wildman–Crippen LogP) is 2.61. The van der Waals surface area contributed by atoms with Gasteiger partial charge in [0.2, 0.25) is 5.75 Å². The van der Waals surface area contributed by atoms with E-state index in [2.05, 4.69) is 0 Å². The number of rotatable bonds is 1. The van der Waals surface area contributed by atoms with E-state index in [-0.39, 0.29) is 39.5 Å². The molecule has 0 aliphatic carbocycles. The van der Waals surface area contributed by atoms with Crippen molar-refractivity contribution in [2.24, 2.45) is 0 Å². The van der Waals surface area contributed by atoms with E-state index in [1.165, 1.54) is 12.1 Å². The Hall–Kier alpha value is -3.35. The van der Waals surface area contributed by atoms with Gasteiger partial charge in [-0.15, -0.1) is 0 Å². The summed E-state index contributed by atoms with van der Waals surface area (Å²) in [5.41, 5.74) is 0.174. The van der Waals surface area contributed by atoms with Gasteiger partial charge in [0.1, 0.15) is 16.9 Å². The van der Waals surface area contributed by atoms with Crippen molar-refractivity contribution in [3.63, 3.8) is 0 Å². The van der Waals surface area contributed by atoms with E-state index >= 15 is 0 Å². The highest BCUT2D eigenvalue weighted by Gasteiger charge is 2.25. The van der Waals surface area contributed by atoms with Crippen LogP contribution in [0, 0.1) is 0 Å². The summed E-state index contributed by atoms with van der Waals surface area (Å²) in [6.07, 6.45) is 0. The molecule has 0 fully saturated rings. The Morgan fingerprint density at radius 1 is 0.773 bits per heavy atom. The average molecular weight is 305 g/mol. The van der Waals surface area contributed by atoms with Gasteiger partial charge in [-0.2, -0.15) is 0 Å². The Morgan fingerprint density at radius 3 is 2.05 bits per heavy atom. The molecule has 3 aromatic rings. The number of phenols is 5. The van der Waals surface area contributed by atoms with Crippen molar-refractivity contribution in [3.05, 3.63) is 30.3 Å². The standard InChI is InChI=1S/C15H10O7/c16-7-3-9(17)8-5-12(20)15(22-13(8)4-7)6-1-10(18)14(21)11(19)2-6/h1-5H,(H5-,16,17,18,19,20,21)/p+1/i5+2. The van der Waals surface area contributed by atoms with Crippen molar-refractivity contribution in [3.8, 4) is 45.8 Å². The van der Waals surface area contributed by atoms with E-state index in [4.69, 9.17) is 4.42 Å². The molecule has 0 amide bonds. The number of benzene rings is 2. The minimum atomic E-state index is -0.695. The molecule has 0 aliphatic heterocycles. The predicted molar refractivity (Wildman–Crippen MR) is 76.0 cm³/mol. The molecule has 0 radical (unpaired) electrons. The molecule has 7 heteroatoms. The highest BCUT2D eigenvalue weighted by molar-refractivity contribution is 5.88. The molecule has 0 saturated heterocycles. The molecule has 1 aromatic heterocycles. The van der Waals surface area contributed by atoms with E-state index in [1.807, 2.05) is 0 Å². The van der Waals surface area contributed by atoms with E-state index < -0.39 is 17.2 Å². The van der Waals surface area contributed by atoms with E-state index in [0.717, 1.165) is 18.2 Å². The zero-order chi connectivity index (χ0) is 16.0. The molecule has 3 rings (SSSR count).